The second-order valence-corrected chi connectivity index (χ2v) is 5.43. The van der Waals surface area contributed by atoms with Crippen molar-refractivity contribution in [1.29, 1.82) is 0 Å². The lowest BCUT2D eigenvalue weighted by atomic mass is 9.94. The Hall–Kier alpha value is -1.000. The molecule has 0 spiro atoms. The summed E-state index contributed by atoms with van der Waals surface area (Å²) in [7, 11) is 0. The molecule has 6 heteroatoms. The van der Waals surface area contributed by atoms with Crippen LogP contribution < -0.4 is 10.6 Å². The highest BCUT2D eigenvalue weighted by atomic mass is 35.5. The van der Waals surface area contributed by atoms with E-state index in [4.69, 9.17) is 28.9 Å². The lowest BCUT2D eigenvalue weighted by Gasteiger charge is -2.33. The van der Waals surface area contributed by atoms with Gasteiger partial charge in [-0.2, -0.15) is 0 Å². The van der Waals surface area contributed by atoms with E-state index in [-0.39, 0.29) is 11.8 Å². The van der Waals surface area contributed by atoms with Crippen LogP contribution in [0.25, 0.3) is 0 Å². The molecule has 0 aromatic carbocycles. The van der Waals surface area contributed by atoms with Gasteiger partial charge in [0.15, 0.2) is 0 Å². The first kappa shape index (κ1) is 13.4. The van der Waals surface area contributed by atoms with Crippen molar-refractivity contribution < 1.29 is 4.79 Å². The van der Waals surface area contributed by atoms with E-state index in [9.17, 15) is 4.79 Å². The van der Waals surface area contributed by atoms with E-state index in [2.05, 4.69) is 9.88 Å². The predicted octanol–water partition coefficient (Wildman–Crippen LogP) is 2.48. The Morgan fingerprint density at radius 1 is 1.56 bits per heavy atom. The van der Waals surface area contributed by atoms with Gasteiger partial charge in [0.25, 0.3) is 0 Å². The summed E-state index contributed by atoms with van der Waals surface area (Å²) in [5.74, 6) is 0.761. The summed E-state index contributed by atoms with van der Waals surface area (Å²) in [6.07, 6.45) is 4.03. The van der Waals surface area contributed by atoms with E-state index in [0.717, 1.165) is 31.7 Å². The number of carbonyl (C=O) groups excluding carboxylic acids is 1. The molecule has 1 atom stereocenters. The summed E-state index contributed by atoms with van der Waals surface area (Å²) in [4.78, 5) is 17.3. The molecule has 0 bridgehead atoms. The molecule has 0 radical (unpaired) electrons. The Labute approximate surface area is 116 Å². The maximum Gasteiger partial charge on any atom is 0.217 e. The number of amides is 1. The molecular formula is C12H15Cl2N3O. The number of carbonyl (C=O) groups is 1. The van der Waals surface area contributed by atoms with Gasteiger partial charge in [0.1, 0.15) is 5.82 Å². The number of hydrogen-bond acceptors (Lipinski definition) is 3. The van der Waals surface area contributed by atoms with Crippen LogP contribution in [0.4, 0.5) is 5.82 Å². The average Bonchev–Trinajstić information content (AvgIpc) is 2.28. The Morgan fingerprint density at radius 3 is 3.00 bits per heavy atom. The van der Waals surface area contributed by atoms with Gasteiger partial charge in [0.05, 0.1) is 10.0 Å². The molecule has 1 saturated heterocycles. The summed E-state index contributed by atoms with van der Waals surface area (Å²) in [6.45, 7) is 1.65. The molecule has 4 nitrogen and oxygen atoms in total. The second kappa shape index (κ2) is 5.76. The molecule has 98 valence electrons. The zero-order valence-corrected chi connectivity index (χ0v) is 11.4. The molecule has 1 aromatic rings. The van der Waals surface area contributed by atoms with Gasteiger partial charge in [-0.15, -0.1) is 0 Å². The lowest BCUT2D eigenvalue weighted by Crippen LogP contribution is -2.37. The summed E-state index contributed by atoms with van der Waals surface area (Å²) in [6, 6.07) is 1.68. The topological polar surface area (TPSA) is 59.2 Å². The summed E-state index contributed by atoms with van der Waals surface area (Å²) in [5, 5.41) is 1.07. The zero-order valence-electron chi connectivity index (χ0n) is 9.90. The highest BCUT2D eigenvalue weighted by Crippen LogP contribution is 2.30. The third-order valence-electron chi connectivity index (χ3n) is 3.10. The van der Waals surface area contributed by atoms with Crippen LogP contribution in [0.3, 0.4) is 0 Å². The van der Waals surface area contributed by atoms with Gasteiger partial charge >= 0.3 is 0 Å². The molecule has 1 amide bonds. The van der Waals surface area contributed by atoms with Crippen LogP contribution in [0, 0.1) is 5.92 Å². The fraction of sp³-hybridized carbons (Fsp3) is 0.500. The Kier molecular flexibility index (Phi) is 4.30. The van der Waals surface area contributed by atoms with E-state index < -0.39 is 0 Å². The summed E-state index contributed by atoms with van der Waals surface area (Å²) in [5.41, 5.74) is 5.24. The van der Waals surface area contributed by atoms with E-state index in [1.54, 1.807) is 12.3 Å². The van der Waals surface area contributed by atoms with Crippen molar-refractivity contribution in [3.63, 3.8) is 0 Å². The molecule has 18 heavy (non-hydrogen) atoms. The van der Waals surface area contributed by atoms with Crippen LogP contribution in [0.5, 0.6) is 0 Å². The van der Waals surface area contributed by atoms with Crippen LogP contribution in [0.2, 0.25) is 10.0 Å². The van der Waals surface area contributed by atoms with Crippen molar-refractivity contribution in [1.82, 2.24) is 4.98 Å². The van der Waals surface area contributed by atoms with Crippen LogP contribution in [-0.2, 0) is 4.79 Å². The number of piperidine rings is 1. The molecule has 1 aliphatic heterocycles. The SMILES string of the molecule is NC(=O)C[C@@H]1CCCN(c2ncc(Cl)cc2Cl)C1. The molecule has 1 aromatic heterocycles. The second-order valence-electron chi connectivity index (χ2n) is 4.58. The fourth-order valence-corrected chi connectivity index (χ4v) is 2.85. The van der Waals surface area contributed by atoms with Gasteiger partial charge in [-0.1, -0.05) is 23.2 Å². The number of pyridine rings is 1. The normalized spacial score (nSPS) is 19.9. The van der Waals surface area contributed by atoms with Gasteiger partial charge in [-0.25, -0.2) is 4.98 Å². The standard InChI is InChI=1S/C12H15Cl2N3O/c13-9-5-10(14)12(16-6-9)17-3-1-2-8(7-17)4-11(15)18/h5-6,8H,1-4,7H2,(H2,15,18)/t8-/m0/s1. The van der Waals surface area contributed by atoms with Crippen molar-refractivity contribution >= 4 is 34.9 Å². The van der Waals surface area contributed by atoms with Crippen LogP contribution in [-0.4, -0.2) is 24.0 Å². The number of primary amides is 1. The quantitative estimate of drug-likeness (QED) is 0.929. The predicted molar refractivity (Wildman–Crippen MR) is 73.0 cm³/mol. The molecule has 0 unspecified atom stereocenters. The van der Waals surface area contributed by atoms with Crippen LogP contribution in [0.15, 0.2) is 12.3 Å². The molecule has 0 saturated carbocycles. The summed E-state index contributed by atoms with van der Waals surface area (Å²) >= 11 is 12.0. The third-order valence-corrected chi connectivity index (χ3v) is 3.58. The van der Waals surface area contributed by atoms with Crippen molar-refractivity contribution in [2.45, 2.75) is 19.3 Å². The first-order chi connectivity index (χ1) is 8.56. The number of nitrogens with two attached hydrogens (primary N) is 1. The monoisotopic (exact) mass is 287 g/mol. The molecule has 1 fully saturated rings. The summed E-state index contributed by atoms with van der Waals surface area (Å²) < 4.78 is 0. The molecule has 2 N–H and O–H groups in total. The minimum atomic E-state index is -0.253. The minimum Gasteiger partial charge on any atom is -0.370 e. The Morgan fingerprint density at radius 2 is 2.33 bits per heavy atom. The fourth-order valence-electron chi connectivity index (χ4n) is 2.35. The average molecular weight is 288 g/mol. The van der Waals surface area contributed by atoms with Crippen molar-refractivity contribution in [3.05, 3.63) is 22.3 Å². The Bertz CT molecular complexity index is 453. The lowest BCUT2D eigenvalue weighted by molar-refractivity contribution is -0.118. The highest BCUT2D eigenvalue weighted by Gasteiger charge is 2.23. The van der Waals surface area contributed by atoms with Crippen LogP contribution in [0.1, 0.15) is 19.3 Å². The molecule has 1 aliphatic rings. The van der Waals surface area contributed by atoms with Gasteiger partial charge < -0.3 is 10.6 Å². The highest BCUT2D eigenvalue weighted by molar-refractivity contribution is 6.36. The number of rotatable bonds is 3. The minimum absolute atomic E-state index is 0.253. The molecule has 2 heterocycles. The van der Waals surface area contributed by atoms with Crippen molar-refractivity contribution in [2.24, 2.45) is 11.7 Å². The van der Waals surface area contributed by atoms with E-state index in [1.807, 2.05) is 0 Å². The van der Waals surface area contributed by atoms with Gasteiger partial charge in [-0.3, -0.25) is 4.79 Å². The number of anilines is 1. The Balaban J connectivity index is 2.10. The smallest absolute Gasteiger partial charge is 0.217 e. The van der Waals surface area contributed by atoms with Gasteiger partial charge in [0.2, 0.25) is 5.91 Å². The van der Waals surface area contributed by atoms with Crippen molar-refractivity contribution in [3.8, 4) is 0 Å². The molecule has 0 aliphatic carbocycles. The van der Waals surface area contributed by atoms with E-state index >= 15 is 0 Å². The van der Waals surface area contributed by atoms with E-state index in [0.29, 0.717) is 16.5 Å². The van der Waals surface area contributed by atoms with Crippen molar-refractivity contribution in [2.75, 3.05) is 18.0 Å². The third kappa shape index (κ3) is 3.27. The zero-order chi connectivity index (χ0) is 13.1. The number of aromatic nitrogens is 1. The molecule has 2 rings (SSSR count). The largest absolute Gasteiger partial charge is 0.370 e. The van der Waals surface area contributed by atoms with Gasteiger partial charge in [0, 0.05) is 25.7 Å². The number of halogens is 2. The maximum absolute atomic E-state index is 11.0. The maximum atomic E-state index is 11.0. The van der Waals surface area contributed by atoms with E-state index in [1.165, 1.54) is 0 Å². The van der Waals surface area contributed by atoms with Gasteiger partial charge in [-0.05, 0) is 24.8 Å². The first-order valence-corrected chi connectivity index (χ1v) is 6.66. The number of nitrogens with zero attached hydrogens (tertiary/aromatic N) is 2. The first-order valence-electron chi connectivity index (χ1n) is 5.90. The molecular weight excluding hydrogens is 273 g/mol. The number of hydrogen-bond donors (Lipinski definition) is 1. The van der Waals surface area contributed by atoms with Crippen LogP contribution >= 0.6 is 23.2 Å².